The molecule has 0 unspecified atom stereocenters. The van der Waals surface area contributed by atoms with Crippen LogP contribution in [0.4, 0.5) is 11.5 Å². The highest BCUT2D eigenvalue weighted by Crippen LogP contribution is 2.21. The van der Waals surface area contributed by atoms with Gasteiger partial charge in [-0.2, -0.15) is 0 Å². The summed E-state index contributed by atoms with van der Waals surface area (Å²) in [4.78, 5) is 6.38. The highest BCUT2D eigenvalue weighted by molar-refractivity contribution is 5.64. The lowest BCUT2D eigenvalue weighted by Crippen LogP contribution is -2.13. The molecule has 0 spiro atoms. The topological polar surface area (TPSA) is 37.4 Å². The van der Waals surface area contributed by atoms with Crippen LogP contribution in [0.5, 0.6) is 5.75 Å². The summed E-state index contributed by atoms with van der Waals surface area (Å²) < 4.78 is 5.51. The number of nitrogens with one attached hydrogen (secondary N) is 1. The monoisotopic (exact) mass is 271 g/mol. The van der Waals surface area contributed by atoms with Crippen LogP contribution in [0.3, 0.4) is 0 Å². The Morgan fingerprint density at radius 1 is 1.20 bits per heavy atom. The van der Waals surface area contributed by atoms with E-state index in [1.54, 1.807) is 6.20 Å². The quantitative estimate of drug-likeness (QED) is 0.875. The number of aromatic nitrogens is 1. The molecule has 0 aliphatic carbocycles. The SMILES string of the molecule is CCOc1cccc(CNc2cccnc2N(C)C)c1. The molecule has 0 aliphatic heterocycles. The van der Waals surface area contributed by atoms with Gasteiger partial charge in [-0.1, -0.05) is 12.1 Å². The summed E-state index contributed by atoms with van der Waals surface area (Å²) >= 11 is 0. The van der Waals surface area contributed by atoms with Crippen LogP contribution in [0, 0.1) is 0 Å². The molecular weight excluding hydrogens is 250 g/mol. The van der Waals surface area contributed by atoms with Crippen molar-refractivity contribution >= 4 is 11.5 Å². The summed E-state index contributed by atoms with van der Waals surface area (Å²) in [5.74, 6) is 1.85. The standard InChI is InChI=1S/C16H21N3O/c1-4-20-14-8-5-7-13(11-14)12-18-15-9-6-10-17-16(15)19(2)3/h5-11,18H,4,12H2,1-3H3. The highest BCUT2D eigenvalue weighted by atomic mass is 16.5. The third kappa shape index (κ3) is 3.63. The average Bonchev–Trinajstić information content (AvgIpc) is 2.46. The lowest BCUT2D eigenvalue weighted by molar-refractivity contribution is 0.340. The fraction of sp³-hybridized carbons (Fsp3) is 0.312. The van der Waals surface area contributed by atoms with Crippen LogP contribution in [0.1, 0.15) is 12.5 Å². The Labute approximate surface area is 120 Å². The predicted octanol–water partition coefficient (Wildman–Crippen LogP) is 3.16. The molecule has 0 amide bonds. The number of pyridine rings is 1. The maximum absolute atomic E-state index is 5.51. The van der Waals surface area contributed by atoms with Crippen LogP contribution in [0.2, 0.25) is 0 Å². The Morgan fingerprint density at radius 2 is 2.05 bits per heavy atom. The van der Waals surface area contributed by atoms with Gasteiger partial charge in [-0.15, -0.1) is 0 Å². The molecular formula is C16H21N3O. The molecule has 2 rings (SSSR count). The summed E-state index contributed by atoms with van der Waals surface area (Å²) in [5.41, 5.74) is 2.21. The van der Waals surface area contributed by atoms with Gasteiger partial charge in [-0.25, -0.2) is 4.98 Å². The molecule has 20 heavy (non-hydrogen) atoms. The molecule has 4 nitrogen and oxygen atoms in total. The maximum atomic E-state index is 5.51. The number of nitrogens with zero attached hydrogens (tertiary/aromatic N) is 2. The zero-order valence-electron chi connectivity index (χ0n) is 12.3. The van der Waals surface area contributed by atoms with Crippen molar-refractivity contribution in [2.24, 2.45) is 0 Å². The van der Waals surface area contributed by atoms with Crippen LogP contribution in [-0.2, 0) is 6.54 Å². The van der Waals surface area contributed by atoms with E-state index in [-0.39, 0.29) is 0 Å². The zero-order chi connectivity index (χ0) is 14.4. The van der Waals surface area contributed by atoms with Crippen LogP contribution in [0.15, 0.2) is 42.6 Å². The van der Waals surface area contributed by atoms with E-state index in [1.165, 1.54) is 5.56 Å². The first-order valence-electron chi connectivity index (χ1n) is 6.78. The first kappa shape index (κ1) is 14.2. The molecule has 0 radical (unpaired) electrons. The third-order valence-electron chi connectivity index (χ3n) is 2.90. The van der Waals surface area contributed by atoms with E-state index in [0.29, 0.717) is 6.61 Å². The largest absolute Gasteiger partial charge is 0.494 e. The van der Waals surface area contributed by atoms with E-state index < -0.39 is 0 Å². The average molecular weight is 271 g/mol. The van der Waals surface area contributed by atoms with Crippen molar-refractivity contribution in [1.29, 1.82) is 0 Å². The van der Waals surface area contributed by atoms with Crippen LogP contribution in [0.25, 0.3) is 0 Å². The van der Waals surface area contributed by atoms with Crippen LogP contribution >= 0.6 is 0 Å². The van der Waals surface area contributed by atoms with Gasteiger partial charge in [0.05, 0.1) is 12.3 Å². The summed E-state index contributed by atoms with van der Waals surface area (Å²) in [6.07, 6.45) is 1.80. The Hall–Kier alpha value is -2.23. The minimum Gasteiger partial charge on any atom is -0.494 e. The fourth-order valence-electron chi connectivity index (χ4n) is 2.00. The van der Waals surface area contributed by atoms with Crippen molar-refractivity contribution < 1.29 is 4.74 Å². The first-order valence-corrected chi connectivity index (χ1v) is 6.78. The Morgan fingerprint density at radius 3 is 2.80 bits per heavy atom. The summed E-state index contributed by atoms with van der Waals surface area (Å²) in [7, 11) is 3.98. The Kier molecular flexibility index (Phi) is 4.82. The fourth-order valence-corrected chi connectivity index (χ4v) is 2.00. The van der Waals surface area contributed by atoms with Gasteiger partial charge in [-0.05, 0) is 36.8 Å². The molecule has 1 heterocycles. The number of rotatable bonds is 6. The van der Waals surface area contributed by atoms with Crippen molar-refractivity contribution in [3.63, 3.8) is 0 Å². The van der Waals surface area contributed by atoms with E-state index in [4.69, 9.17) is 4.74 Å². The van der Waals surface area contributed by atoms with Crippen molar-refractivity contribution in [2.45, 2.75) is 13.5 Å². The minimum atomic E-state index is 0.685. The number of ether oxygens (including phenoxy) is 1. The maximum Gasteiger partial charge on any atom is 0.151 e. The van der Waals surface area contributed by atoms with Gasteiger partial charge in [0.2, 0.25) is 0 Å². The van der Waals surface area contributed by atoms with E-state index in [9.17, 15) is 0 Å². The molecule has 0 fully saturated rings. The highest BCUT2D eigenvalue weighted by Gasteiger charge is 2.05. The molecule has 1 aromatic heterocycles. The zero-order valence-corrected chi connectivity index (χ0v) is 12.3. The number of hydrogen-bond acceptors (Lipinski definition) is 4. The van der Waals surface area contributed by atoms with Crippen LogP contribution in [-0.4, -0.2) is 25.7 Å². The minimum absolute atomic E-state index is 0.685. The van der Waals surface area contributed by atoms with Gasteiger partial charge in [0.1, 0.15) is 5.75 Å². The number of benzene rings is 1. The molecule has 1 N–H and O–H groups in total. The lowest BCUT2D eigenvalue weighted by atomic mass is 10.2. The van der Waals surface area contributed by atoms with Crippen LogP contribution < -0.4 is 15.0 Å². The number of anilines is 2. The van der Waals surface area contributed by atoms with Gasteiger partial charge in [0.25, 0.3) is 0 Å². The second kappa shape index (κ2) is 6.80. The summed E-state index contributed by atoms with van der Waals surface area (Å²) in [5, 5.41) is 3.42. The Bertz CT molecular complexity index is 555. The molecule has 0 bridgehead atoms. The summed E-state index contributed by atoms with van der Waals surface area (Å²) in [6, 6.07) is 12.1. The van der Waals surface area contributed by atoms with Gasteiger partial charge >= 0.3 is 0 Å². The molecule has 0 saturated carbocycles. The van der Waals surface area contributed by atoms with Gasteiger partial charge in [-0.3, -0.25) is 0 Å². The first-order chi connectivity index (χ1) is 9.70. The second-order valence-corrected chi connectivity index (χ2v) is 4.70. The van der Waals surface area contributed by atoms with Crippen molar-refractivity contribution in [2.75, 3.05) is 30.9 Å². The van der Waals surface area contributed by atoms with Crippen molar-refractivity contribution in [3.05, 3.63) is 48.2 Å². The molecule has 4 heteroatoms. The van der Waals surface area contributed by atoms with Gasteiger partial charge < -0.3 is 15.0 Å². The summed E-state index contributed by atoms with van der Waals surface area (Å²) in [6.45, 7) is 3.42. The molecule has 2 aromatic rings. The molecule has 0 atom stereocenters. The van der Waals surface area contributed by atoms with Crippen molar-refractivity contribution in [1.82, 2.24) is 4.98 Å². The normalized spacial score (nSPS) is 10.2. The second-order valence-electron chi connectivity index (χ2n) is 4.70. The Balaban J connectivity index is 2.07. The third-order valence-corrected chi connectivity index (χ3v) is 2.90. The molecule has 0 saturated heterocycles. The van der Waals surface area contributed by atoms with Gasteiger partial charge in [0, 0.05) is 26.8 Å². The molecule has 1 aromatic carbocycles. The van der Waals surface area contributed by atoms with E-state index >= 15 is 0 Å². The lowest BCUT2D eigenvalue weighted by Gasteiger charge is -2.17. The smallest absolute Gasteiger partial charge is 0.151 e. The molecule has 106 valence electrons. The van der Waals surface area contributed by atoms with E-state index in [1.807, 2.05) is 50.2 Å². The van der Waals surface area contributed by atoms with Crippen molar-refractivity contribution in [3.8, 4) is 5.75 Å². The number of hydrogen-bond donors (Lipinski definition) is 1. The van der Waals surface area contributed by atoms with E-state index in [0.717, 1.165) is 23.8 Å². The molecule has 0 aliphatic rings. The van der Waals surface area contributed by atoms with Gasteiger partial charge in [0.15, 0.2) is 5.82 Å². The van der Waals surface area contributed by atoms with E-state index in [2.05, 4.69) is 22.4 Å². The predicted molar refractivity (Wildman–Crippen MR) is 83.5 cm³/mol.